The van der Waals surface area contributed by atoms with Crippen LogP contribution in [0.1, 0.15) is 11.1 Å². The second-order valence-corrected chi connectivity index (χ2v) is 8.46. The van der Waals surface area contributed by atoms with E-state index < -0.39 is 22.8 Å². The largest absolute Gasteiger partial charge is 0.455 e. The van der Waals surface area contributed by atoms with Gasteiger partial charge < -0.3 is 26.0 Å². The number of pyridine rings is 1. The van der Waals surface area contributed by atoms with Crippen molar-refractivity contribution in [2.24, 2.45) is 0 Å². The predicted molar refractivity (Wildman–Crippen MR) is 139 cm³/mol. The average Bonchev–Trinajstić information content (AvgIpc) is 2.86. The van der Waals surface area contributed by atoms with Crippen LogP contribution in [-0.4, -0.2) is 23.5 Å². The molecule has 0 saturated carbocycles. The quantitative estimate of drug-likeness (QED) is 0.284. The summed E-state index contributed by atoms with van der Waals surface area (Å²) in [4.78, 5) is 28.6. The van der Waals surface area contributed by atoms with Gasteiger partial charge in [-0.2, -0.15) is 13.2 Å². The van der Waals surface area contributed by atoms with Crippen LogP contribution in [0.5, 0.6) is 11.5 Å². The number of carbonyl (C=O) groups is 2. The van der Waals surface area contributed by atoms with E-state index in [1.165, 1.54) is 12.3 Å². The first-order valence-corrected chi connectivity index (χ1v) is 11.6. The lowest BCUT2D eigenvalue weighted by atomic mass is 10.2. The van der Waals surface area contributed by atoms with Crippen molar-refractivity contribution in [1.82, 2.24) is 4.98 Å². The monoisotopic (exact) mass is 543 g/mol. The normalized spacial score (nSPS) is 12.3. The van der Waals surface area contributed by atoms with Gasteiger partial charge in [0.1, 0.15) is 11.4 Å². The predicted octanol–water partition coefficient (Wildman–Crippen LogP) is 6.99. The number of amides is 3. The summed E-state index contributed by atoms with van der Waals surface area (Å²) >= 11 is 5.64. The Morgan fingerprint density at radius 2 is 1.74 bits per heavy atom. The third-order valence-electron chi connectivity index (χ3n) is 5.25. The SMILES string of the molecule is Cc1cccccc(NC(=O)Nc2ccc(Cl)c(C(F)(F)F)c2)ccc1Oc1ccnc2c1NC(=O)CN2. The maximum atomic E-state index is 13.1. The van der Waals surface area contributed by atoms with Crippen molar-refractivity contribution in [3.8, 4) is 11.5 Å². The lowest BCUT2D eigenvalue weighted by molar-refractivity contribution is -0.137. The van der Waals surface area contributed by atoms with E-state index in [0.717, 1.165) is 17.7 Å². The van der Waals surface area contributed by atoms with Crippen molar-refractivity contribution >= 4 is 46.4 Å². The van der Waals surface area contributed by atoms with Crippen LogP contribution in [-0.2, 0) is 11.0 Å². The van der Waals surface area contributed by atoms with Crippen LogP contribution >= 0.6 is 11.6 Å². The highest BCUT2D eigenvalue weighted by molar-refractivity contribution is 6.31. The van der Waals surface area contributed by atoms with E-state index >= 15 is 0 Å². The van der Waals surface area contributed by atoms with E-state index in [1.807, 2.05) is 13.0 Å². The molecule has 2 heterocycles. The number of hydrogen-bond acceptors (Lipinski definition) is 5. The van der Waals surface area contributed by atoms with Crippen LogP contribution in [0.2, 0.25) is 5.02 Å². The molecule has 196 valence electrons. The topological polar surface area (TPSA) is 104 Å². The molecule has 38 heavy (non-hydrogen) atoms. The minimum Gasteiger partial charge on any atom is -0.455 e. The smallest absolute Gasteiger partial charge is 0.417 e. The van der Waals surface area contributed by atoms with Gasteiger partial charge in [-0.3, -0.25) is 4.79 Å². The summed E-state index contributed by atoms with van der Waals surface area (Å²) in [6, 6.07) is 15.7. The van der Waals surface area contributed by atoms with Crippen molar-refractivity contribution in [2.75, 3.05) is 27.8 Å². The number of anilines is 4. The van der Waals surface area contributed by atoms with Gasteiger partial charge in [0.25, 0.3) is 0 Å². The fraction of sp³-hybridized carbons (Fsp3) is 0.115. The molecule has 4 rings (SSSR count). The summed E-state index contributed by atoms with van der Waals surface area (Å²) in [6.45, 7) is 1.91. The first kappa shape index (κ1) is 26.6. The molecule has 3 amide bonds. The standard InChI is InChI=1S/C26H21ClF3N5O3/c1-15-5-3-2-4-6-16(33-25(37)34-17-7-9-19(27)18(13-17)26(28,29)30)8-10-20(15)38-21-11-12-31-24-23(21)35-22(36)14-32-24/h2-13H,14H2,1H3,(H,31,32)(H,35,36)(H2,33,34,37). The molecular formula is C26H21ClF3N5O3. The number of urea groups is 1. The van der Waals surface area contributed by atoms with Gasteiger partial charge in [0, 0.05) is 23.6 Å². The Kier molecular flexibility index (Phi) is 7.87. The Hall–Kier alpha value is -4.51. The van der Waals surface area contributed by atoms with Crippen LogP contribution in [0.15, 0.2) is 72.9 Å². The van der Waals surface area contributed by atoms with Crippen molar-refractivity contribution in [3.05, 3.63) is 89.1 Å². The number of nitrogens with zero attached hydrogens (tertiary/aromatic N) is 1. The fourth-order valence-corrected chi connectivity index (χ4v) is 3.64. The number of aromatic nitrogens is 1. The molecule has 1 aliphatic heterocycles. The first-order valence-electron chi connectivity index (χ1n) is 11.2. The minimum absolute atomic E-state index is 0.0833. The molecule has 12 heteroatoms. The summed E-state index contributed by atoms with van der Waals surface area (Å²) in [5.41, 5.74) is 0.308. The zero-order valence-electron chi connectivity index (χ0n) is 19.8. The van der Waals surface area contributed by atoms with Gasteiger partial charge >= 0.3 is 12.2 Å². The maximum Gasteiger partial charge on any atom is 0.417 e. The third kappa shape index (κ3) is 6.62. The van der Waals surface area contributed by atoms with Crippen LogP contribution in [0.3, 0.4) is 0 Å². The van der Waals surface area contributed by atoms with Crippen LogP contribution in [0.4, 0.5) is 40.8 Å². The molecule has 8 nitrogen and oxygen atoms in total. The summed E-state index contributed by atoms with van der Waals surface area (Å²) in [5.74, 6) is 0.994. The van der Waals surface area contributed by atoms with Gasteiger partial charge in [0.15, 0.2) is 11.6 Å². The molecule has 0 unspecified atom stereocenters. The summed E-state index contributed by atoms with van der Waals surface area (Å²) in [7, 11) is 0. The van der Waals surface area contributed by atoms with Crippen molar-refractivity contribution < 1.29 is 27.5 Å². The Morgan fingerprint density at radius 3 is 2.53 bits per heavy atom. The Balaban J connectivity index is 1.59. The highest BCUT2D eigenvalue weighted by Gasteiger charge is 2.33. The molecular weight excluding hydrogens is 523 g/mol. The fourth-order valence-electron chi connectivity index (χ4n) is 3.42. The Bertz CT molecular complexity index is 1450. The maximum absolute atomic E-state index is 13.1. The van der Waals surface area contributed by atoms with Crippen molar-refractivity contribution in [2.45, 2.75) is 13.1 Å². The molecule has 0 radical (unpaired) electrons. The molecule has 0 saturated heterocycles. The Morgan fingerprint density at radius 1 is 1.00 bits per heavy atom. The van der Waals surface area contributed by atoms with Gasteiger partial charge in [0.05, 0.1) is 17.1 Å². The zero-order valence-corrected chi connectivity index (χ0v) is 20.6. The van der Waals surface area contributed by atoms with Crippen LogP contribution < -0.4 is 26.0 Å². The summed E-state index contributed by atoms with van der Waals surface area (Å²) < 4.78 is 45.5. The van der Waals surface area contributed by atoms with Gasteiger partial charge in [-0.15, -0.1) is 0 Å². The van der Waals surface area contributed by atoms with Crippen molar-refractivity contribution in [1.29, 1.82) is 0 Å². The van der Waals surface area contributed by atoms with E-state index in [2.05, 4.69) is 26.3 Å². The number of ether oxygens (including phenoxy) is 1. The van der Waals surface area contributed by atoms with Gasteiger partial charge in [-0.1, -0.05) is 35.9 Å². The molecule has 4 N–H and O–H groups in total. The summed E-state index contributed by atoms with van der Waals surface area (Å²) in [5, 5.41) is 10.1. The second-order valence-electron chi connectivity index (χ2n) is 8.05. The van der Waals surface area contributed by atoms with Crippen LogP contribution in [0.25, 0.3) is 0 Å². The van der Waals surface area contributed by atoms with Gasteiger partial charge in [-0.05, 0) is 48.9 Å². The van der Waals surface area contributed by atoms with Gasteiger partial charge in [0.2, 0.25) is 5.91 Å². The van der Waals surface area contributed by atoms with E-state index in [0.29, 0.717) is 28.7 Å². The number of benzene rings is 1. The second kappa shape index (κ2) is 11.3. The zero-order chi connectivity index (χ0) is 27.3. The highest BCUT2D eigenvalue weighted by atomic mass is 35.5. The van der Waals surface area contributed by atoms with E-state index in [4.69, 9.17) is 16.3 Å². The molecule has 0 fully saturated rings. The number of carbonyl (C=O) groups excluding carboxylic acids is 2. The summed E-state index contributed by atoms with van der Waals surface area (Å²) in [6.07, 6.45) is -3.13. The first-order chi connectivity index (χ1) is 18.1. The Labute approximate surface area is 220 Å². The molecule has 2 aromatic carbocycles. The van der Waals surface area contributed by atoms with Gasteiger partial charge in [-0.25, -0.2) is 9.78 Å². The number of fused-ring (bicyclic) bond motifs is 1. The molecule has 0 bridgehead atoms. The highest BCUT2D eigenvalue weighted by Crippen LogP contribution is 2.37. The minimum atomic E-state index is -4.67. The number of alkyl halides is 3. The van der Waals surface area contributed by atoms with E-state index in [9.17, 15) is 22.8 Å². The lowest BCUT2D eigenvalue weighted by Crippen LogP contribution is -2.28. The van der Waals surface area contributed by atoms with E-state index in [1.54, 1.807) is 42.5 Å². The molecule has 0 spiro atoms. The number of halogens is 4. The number of hydrogen-bond donors (Lipinski definition) is 4. The lowest BCUT2D eigenvalue weighted by Gasteiger charge is -2.20. The van der Waals surface area contributed by atoms with Crippen molar-refractivity contribution in [3.63, 3.8) is 0 Å². The van der Waals surface area contributed by atoms with E-state index in [-0.39, 0.29) is 18.1 Å². The number of aryl methyl sites for hydroxylation is 1. The van der Waals surface area contributed by atoms with Crippen LogP contribution in [0, 0.1) is 6.92 Å². The number of nitrogens with one attached hydrogen (secondary N) is 4. The average molecular weight is 544 g/mol. The molecule has 0 aliphatic carbocycles. The molecule has 1 aliphatic rings. The third-order valence-corrected chi connectivity index (χ3v) is 5.58. The molecule has 3 aromatic rings. The number of rotatable bonds is 4. The molecule has 0 atom stereocenters. The molecule has 1 aromatic heterocycles.